The predicted molar refractivity (Wildman–Crippen MR) is 99.8 cm³/mol. The van der Waals surface area contributed by atoms with Crippen LogP contribution in [0.4, 0.5) is 16.2 Å². The molecule has 1 aliphatic rings. The van der Waals surface area contributed by atoms with E-state index in [2.05, 4.69) is 26.2 Å². The molecule has 1 heterocycles. The number of imide groups is 2. The first-order chi connectivity index (χ1) is 12.5. The van der Waals surface area contributed by atoms with Crippen molar-refractivity contribution in [2.24, 2.45) is 10.9 Å². The van der Waals surface area contributed by atoms with Crippen LogP contribution in [-0.4, -0.2) is 31.2 Å². The van der Waals surface area contributed by atoms with Gasteiger partial charge in [0.2, 0.25) is 5.91 Å². The highest BCUT2D eigenvalue weighted by molar-refractivity contribution is 9.10. The number of aliphatic imine (C=N–C) groups is 1. The number of urea groups is 1. The molecule has 132 valence electrons. The number of ether oxygens (including phenoxy) is 1. The third-order valence-corrected chi connectivity index (χ3v) is 4.40. The van der Waals surface area contributed by atoms with E-state index in [0.717, 1.165) is 9.37 Å². The van der Waals surface area contributed by atoms with Crippen LogP contribution in [0.1, 0.15) is 0 Å². The van der Waals surface area contributed by atoms with Gasteiger partial charge in [0.05, 0.1) is 18.5 Å². The van der Waals surface area contributed by atoms with Gasteiger partial charge in [-0.15, -0.1) is 0 Å². The van der Waals surface area contributed by atoms with E-state index in [-0.39, 0.29) is 0 Å². The van der Waals surface area contributed by atoms with Gasteiger partial charge in [-0.25, -0.2) is 9.69 Å². The highest BCUT2D eigenvalue weighted by atomic mass is 79.9. The zero-order valence-corrected chi connectivity index (χ0v) is 15.3. The fourth-order valence-corrected chi connectivity index (χ4v) is 2.81. The number of halogens is 1. The summed E-state index contributed by atoms with van der Waals surface area (Å²) in [5.41, 5.74) is 0.872. The molecule has 1 aliphatic heterocycles. The van der Waals surface area contributed by atoms with Crippen LogP contribution in [0.5, 0.6) is 5.75 Å². The molecule has 4 amide bonds. The van der Waals surface area contributed by atoms with Crippen molar-refractivity contribution in [3.05, 3.63) is 53.0 Å². The molecule has 1 saturated heterocycles. The number of barbiturate groups is 1. The average Bonchev–Trinajstić information content (AvgIpc) is 2.63. The summed E-state index contributed by atoms with van der Waals surface area (Å²) in [6, 6.07) is 12.8. The molecule has 1 atom stereocenters. The number of rotatable bonds is 4. The fourth-order valence-electron chi connectivity index (χ4n) is 2.43. The summed E-state index contributed by atoms with van der Waals surface area (Å²) in [5.74, 6) is -2.12. The number of benzene rings is 2. The smallest absolute Gasteiger partial charge is 0.335 e. The zero-order chi connectivity index (χ0) is 18.7. The van der Waals surface area contributed by atoms with E-state index in [1.54, 1.807) is 36.4 Å². The van der Waals surface area contributed by atoms with Crippen molar-refractivity contribution in [2.75, 3.05) is 12.0 Å². The van der Waals surface area contributed by atoms with Gasteiger partial charge in [0, 0.05) is 16.8 Å². The molecule has 7 nitrogen and oxygen atoms in total. The number of carbonyl (C=O) groups excluding carboxylic acids is 3. The van der Waals surface area contributed by atoms with Gasteiger partial charge in [-0.1, -0.05) is 18.2 Å². The monoisotopic (exact) mass is 415 g/mol. The molecule has 0 aromatic heterocycles. The molecular formula is C18H14BrN3O4. The number of anilines is 1. The Balaban J connectivity index is 1.91. The first-order valence-corrected chi connectivity index (χ1v) is 8.42. The van der Waals surface area contributed by atoms with E-state index in [1.807, 2.05) is 6.07 Å². The molecule has 0 saturated carbocycles. The Morgan fingerprint density at radius 3 is 2.65 bits per heavy atom. The Bertz CT molecular complexity index is 913. The van der Waals surface area contributed by atoms with Crippen LogP contribution in [0.25, 0.3) is 0 Å². The van der Waals surface area contributed by atoms with Crippen molar-refractivity contribution >= 4 is 51.4 Å². The maximum absolute atomic E-state index is 12.8. The predicted octanol–water partition coefficient (Wildman–Crippen LogP) is 3.06. The molecule has 0 bridgehead atoms. The number of nitrogens with one attached hydrogen (secondary N) is 1. The maximum atomic E-state index is 12.8. The van der Waals surface area contributed by atoms with E-state index >= 15 is 0 Å². The molecule has 1 N–H and O–H groups in total. The second-order valence-electron chi connectivity index (χ2n) is 5.38. The van der Waals surface area contributed by atoms with Gasteiger partial charge in [-0.3, -0.25) is 19.9 Å². The minimum atomic E-state index is -1.22. The van der Waals surface area contributed by atoms with Crippen LogP contribution < -0.4 is 15.0 Å². The Morgan fingerprint density at radius 2 is 1.92 bits per heavy atom. The van der Waals surface area contributed by atoms with Crippen LogP contribution in [0.15, 0.2) is 58.0 Å². The third kappa shape index (κ3) is 3.50. The van der Waals surface area contributed by atoms with Gasteiger partial charge < -0.3 is 4.74 Å². The Labute approximate surface area is 157 Å². The Hall–Kier alpha value is -3.00. The van der Waals surface area contributed by atoms with E-state index in [4.69, 9.17) is 4.74 Å². The van der Waals surface area contributed by atoms with Crippen molar-refractivity contribution in [2.45, 2.75) is 0 Å². The van der Waals surface area contributed by atoms with Crippen LogP contribution in [-0.2, 0) is 9.59 Å². The van der Waals surface area contributed by atoms with Gasteiger partial charge in [0.1, 0.15) is 5.75 Å². The molecule has 3 rings (SSSR count). The quantitative estimate of drug-likeness (QED) is 0.613. The van der Waals surface area contributed by atoms with Crippen LogP contribution in [0.3, 0.4) is 0 Å². The van der Waals surface area contributed by atoms with E-state index in [9.17, 15) is 14.4 Å². The van der Waals surface area contributed by atoms with Crippen molar-refractivity contribution < 1.29 is 19.1 Å². The third-order valence-electron chi connectivity index (χ3n) is 3.73. The minimum Gasteiger partial charge on any atom is -0.497 e. The topological polar surface area (TPSA) is 88.1 Å². The number of amides is 4. The van der Waals surface area contributed by atoms with Crippen molar-refractivity contribution in [1.29, 1.82) is 0 Å². The lowest BCUT2D eigenvalue weighted by Gasteiger charge is -2.28. The highest BCUT2D eigenvalue weighted by Crippen LogP contribution is 2.26. The summed E-state index contributed by atoms with van der Waals surface area (Å²) in [6.07, 6.45) is 1.23. The van der Waals surface area contributed by atoms with E-state index in [1.165, 1.54) is 19.4 Å². The van der Waals surface area contributed by atoms with Gasteiger partial charge in [-0.2, -0.15) is 0 Å². The van der Waals surface area contributed by atoms with Gasteiger partial charge in [0.15, 0.2) is 5.92 Å². The lowest BCUT2D eigenvalue weighted by molar-refractivity contribution is -0.131. The van der Waals surface area contributed by atoms with Crippen LogP contribution >= 0.6 is 15.9 Å². The number of hydrogen-bond donors (Lipinski definition) is 1. The van der Waals surface area contributed by atoms with Crippen molar-refractivity contribution in [3.63, 3.8) is 0 Å². The maximum Gasteiger partial charge on any atom is 0.335 e. The minimum absolute atomic E-state index is 0.304. The zero-order valence-electron chi connectivity index (χ0n) is 13.7. The molecule has 2 aromatic carbocycles. The highest BCUT2D eigenvalue weighted by Gasteiger charge is 2.40. The van der Waals surface area contributed by atoms with Crippen LogP contribution in [0, 0.1) is 5.92 Å². The molecule has 8 heteroatoms. The van der Waals surface area contributed by atoms with E-state index in [0.29, 0.717) is 17.1 Å². The molecule has 0 radical (unpaired) electrons. The number of para-hydroxylation sites is 1. The first-order valence-electron chi connectivity index (χ1n) is 7.63. The van der Waals surface area contributed by atoms with Gasteiger partial charge in [0.25, 0.3) is 5.91 Å². The summed E-state index contributed by atoms with van der Waals surface area (Å²) in [5, 5.41) is 2.18. The first kappa shape index (κ1) is 17.8. The lowest BCUT2D eigenvalue weighted by Crippen LogP contribution is -2.58. The SMILES string of the molecule is COc1cccc(N2C(=O)NC(=O)[C@H](C=Nc3ccccc3Br)C2=O)c1. The number of nitrogens with zero attached hydrogens (tertiary/aromatic N) is 2. The Kier molecular flexibility index (Phi) is 5.13. The summed E-state index contributed by atoms with van der Waals surface area (Å²) in [4.78, 5) is 42.1. The molecule has 0 unspecified atom stereocenters. The van der Waals surface area contributed by atoms with Crippen LogP contribution in [0.2, 0.25) is 0 Å². The second kappa shape index (κ2) is 7.49. The summed E-state index contributed by atoms with van der Waals surface area (Å²) < 4.78 is 5.84. The average molecular weight is 416 g/mol. The van der Waals surface area contributed by atoms with Gasteiger partial charge >= 0.3 is 6.03 Å². The molecular weight excluding hydrogens is 402 g/mol. The standard InChI is InChI=1S/C18H14BrN3O4/c1-26-12-6-4-5-11(9-12)22-17(24)13(16(23)21-18(22)25)10-20-15-8-3-2-7-14(15)19/h2-10,13H,1H3,(H,21,23,25)/t13-/m0/s1. The summed E-state index contributed by atoms with van der Waals surface area (Å²) >= 11 is 3.35. The molecule has 26 heavy (non-hydrogen) atoms. The largest absolute Gasteiger partial charge is 0.497 e. The van der Waals surface area contributed by atoms with Crippen molar-refractivity contribution in [1.82, 2.24) is 5.32 Å². The van der Waals surface area contributed by atoms with E-state index < -0.39 is 23.8 Å². The summed E-state index contributed by atoms with van der Waals surface area (Å²) in [6.45, 7) is 0. The number of hydrogen-bond acceptors (Lipinski definition) is 5. The molecule has 1 fully saturated rings. The Morgan fingerprint density at radius 1 is 1.15 bits per heavy atom. The molecule has 0 spiro atoms. The number of carbonyl (C=O) groups is 3. The lowest BCUT2D eigenvalue weighted by atomic mass is 10.1. The fraction of sp³-hybridized carbons (Fsp3) is 0.111. The molecule has 0 aliphatic carbocycles. The van der Waals surface area contributed by atoms with Crippen molar-refractivity contribution in [3.8, 4) is 5.75 Å². The summed E-state index contributed by atoms with van der Waals surface area (Å²) in [7, 11) is 1.48. The normalized spacial score (nSPS) is 17.5. The number of methoxy groups -OCH3 is 1. The molecule has 2 aromatic rings. The second-order valence-corrected chi connectivity index (χ2v) is 6.23. The van der Waals surface area contributed by atoms with Gasteiger partial charge in [-0.05, 0) is 40.2 Å².